The van der Waals surface area contributed by atoms with E-state index in [1.54, 1.807) is 7.05 Å². The Morgan fingerprint density at radius 2 is 2.33 bits per heavy atom. The molecule has 0 radical (unpaired) electrons. The van der Waals surface area contributed by atoms with Gasteiger partial charge in [0.05, 0.1) is 0 Å². The van der Waals surface area contributed by atoms with Crippen LogP contribution >= 0.6 is 13.5 Å². The van der Waals surface area contributed by atoms with Crippen molar-refractivity contribution in [2.75, 3.05) is 13.6 Å². The predicted octanol–water partition coefficient (Wildman–Crippen LogP) is -0.284. The Labute approximate surface area is 79.2 Å². The van der Waals surface area contributed by atoms with Gasteiger partial charge < -0.3 is 10.0 Å². The monoisotopic (exact) mass is 187 g/mol. The van der Waals surface area contributed by atoms with E-state index in [1.165, 1.54) is 4.90 Å². The Kier molecular flexibility index (Phi) is 3.62. The van der Waals surface area contributed by atoms with Gasteiger partial charge in [-0.05, 0) is 12.8 Å². The van der Waals surface area contributed by atoms with Crippen LogP contribution in [0.15, 0.2) is 0 Å². The van der Waals surface area contributed by atoms with Crippen LogP contribution in [-0.4, -0.2) is 35.1 Å². The second-order valence-electron chi connectivity index (χ2n) is 2.83. The quantitative estimate of drug-likeness (QED) is 0.530. The second-order valence-corrected chi connectivity index (χ2v) is 2.83. The van der Waals surface area contributed by atoms with Gasteiger partial charge in [0, 0.05) is 13.6 Å². The molecule has 1 N–H and O–H groups in total. The van der Waals surface area contributed by atoms with E-state index in [0.717, 1.165) is 6.42 Å². The van der Waals surface area contributed by atoms with Crippen molar-refractivity contribution < 1.29 is 9.90 Å². The summed E-state index contributed by atoms with van der Waals surface area (Å²) in [6.45, 7) is 0.683. The first-order chi connectivity index (χ1) is 5.10. The summed E-state index contributed by atoms with van der Waals surface area (Å²) in [4.78, 5) is 12.7. The van der Waals surface area contributed by atoms with Crippen LogP contribution in [0.4, 0.5) is 0 Å². The summed E-state index contributed by atoms with van der Waals surface area (Å²) in [7, 11) is 1.64. The summed E-state index contributed by atoms with van der Waals surface area (Å²) in [6.07, 6.45) is 6.19. The maximum Gasteiger partial charge on any atom is 0.266 e. The molecule has 1 amide bonds. The number of hydrogen-bond donors (Lipinski definition) is 1. The van der Waals surface area contributed by atoms with Crippen LogP contribution in [-0.2, 0) is 4.79 Å². The first kappa shape index (κ1) is 11.3. The molecule has 4 heteroatoms. The van der Waals surface area contributed by atoms with Crippen LogP contribution in [0.3, 0.4) is 0 Å². The molecule has 0 saturated carbocycles. The van der Waals surface area contributed by atoms with Gasteiger partial charge in [-0.3, -0.25) is 4.79 Å². The number of carbonyl (C=O) groups excluding carboxylic acids is 1. The Bertz CT molecular complexity index is 224. The molecule has 1 rings (SSSR count). The highest BCUT2D eigenvalue weighted by molar-refractivity contribution is 7.59. The number of piperidine rings is 1. The summed E-state index contributed by atoms with van der Waals surface area (Å²) >= 11 is 0. The summed E-state index contributed by atoms with van der Waals surface area (Å²) in [5, 5.41) is 9.49. The number of carbonyl (C=O) groups is 1. The average molecular weight is 187 g/mol. The maximum absolute atomic E-state index is 11.2. The van der Waals surface area contributed by atoms with Crippen LogP contribution in [0.2, 0.25) is 0 Å². The van der Waals surface area contributed by atoms with Gasteiger partial charge in [0.1, 0.15) is 0 Å². The minimum absolute atomic E-state index is 0. The van der Waals surface area contributed by atoms with E-state index in [2.05, 4.69) is 5.92 Å². The molecule has 0 aliphatic carbocycles. The van der Waals surface area contributed by atoms with Crippen molar-refractivity contribution in [1.82, 2.24) is 4.90 Å². The largest absolute Gasteiger partial charge is 0.369 e. The van der Waals surface area contributed by atoms with Crippen LogP contribution < -0.4 is 0 Å². The minimum atomic E-state index is -1.53. The molecule has 0 aromatic heterocycles. The van der Waals surface area contributed by atoms with Crippen LogP contribution in [0.5, 0.6) is 0 Å². The molecule has 1 saturated heterocycles. The fourth-order valence-electron chi connectivity index (χ4n) is 1.23. The number of likely N-dealkylation sites (N-methyl/N-ethyl adjacent to an activating group) is 1. The summed E-state index contributed by atoms with van der Waals surface area (Å²) in [5.41, 5.74) is -1.53. The Hall–Kier alpha value is -0.660. The van der Waals surface area contributed by atoms with Crippen LogP contribution in [0, 0.1) is 12.3 Å². The zero-order valence-electron chi connectivity index (χ0n) is 7.00. The SMILES string of the molecule is C#C[C@@]1(O)CCCN(C)C1=O.S. The van der Waals surface area contributed by atoms with Crippen molar-refractivity contribution in [1.29, 1.82) is 0 Å². The number of amides is 1. The smallest absolute Gasteiger partial charge is 0.266 e. The van der Waals surface area contributed by atoms with Gasteiger partial charge in [-0.1, -0.05) is 5.92 Å². The molecule has 0 unspecified atom stereocenters. The molecule has 1 fully saturated rings. The molecular formula is C8H13NO2S. The van der Waals surface area contributed by atoms with Crippen molar-refractivity contribution in [2.45, 2.75) is 18.4 Å². The minimum Gasteiger partial charge on any atom is -0.369 e. The number of terminal acetylenes is 1. The normalized spacial score (nSPS) is 29.1. The van der Waals surface area contributed by atoms with E-state index >= 15 is 0 Å². The molecular weight excluding hydrogens is 174 g/mol. The third-order valence-electron chi connectivity index (χ3n) is 1.97. The maximum atomic E-state index is 11.2. The summed E-state index contributed by atoms with van der Waals surface area (Å²) < 4.78 is 0. The number of rotatable bonds is 0. The standard InChI is InChI=1S/C8H11NO2.H2S/c1-3-8(11)5-4-6-9(2)7(8)10;/h1,11H,4-6H2,2H3;1H2/t8-;/m1./s1. The molecule has 0 aromatic rings. The Morgan fingerprint density at radius 1 is 1.75 bits per heavy atom. The lowest BCUT2D eigenvalue weighted by atomic mass is 9.93. The van der Waals surface area contributed by atoms with Gasteiger partial charge in [-0.25, -0.2) is 0 Å². The highest BCUT2D eigenvalue weighted by Gasteiger charge is 2.38. The van der Waals surface area contributed by atoms with Crippen molar-refractivity contribution in [2.24, 2.45) is 0 Å². The highest BCUT2D eigenvalue weighted by atomic mass is 32.1. The topological polar surface area (TPSA) is 40.5 Å². The van der Waals surface area contributed by atoms with E-state index < -0.39 is 5.60 Å². The fourth-order valence-corrected chi connectivity index (χ4v) is 1.23. The van der Waals surface area contributed by atoms with Gasteiger partial charge >= 0.3 is 0 Å². The van der Waals surface area contributed by atoms with Crippen LogP contribution in [0.25, 0.3) is 0 Å². The third-order valence-corrected chi connectivity index (χ3v) is 1.97. The number of hydrogen-bond acceptors (Lipinski definition) is 2. The number of likely N-dealkylation sites (tertiary alicyclic amines) is 1. The molecule has 1 aliphatic rings. The molecule has 0 bridgehead atoms. The highest BCUT2D eigenvalue weighted by Crippen LogP contribution is 2.20. The zero-order valence-corrected chi connectivity index (χ0v) is 8.00. The predicted molar refractivity (Wildman–Crippen MR) is 51.0 cm³/mol. The molecule has 3 nitrogen and oxygen atoms in total. The van der Waals surface area contributed by atoms with E-state index in [1.807, 2.05) is 0 Å². The number of nitrogens with zero attached hydrogens (tertiary/aromatic N) is 1. The third kappa shape index (κ3) is 1.74. The second kappa shape index (κ2) is 3.83. The van der Waals surface area contributed by atoms with Crippen molar-refractivity contribution in [3.05, 3.63) is 0 Å². The van der Waals surface area contributed by atoms with E-state index in [9.17, 15) is 9.90 Å². The summed E-state index contributed by atoms with van der Waals surface area (Å²) in [6, 6.07) is 0. The van der Waals surface area contributed by atoms with Gasteiger partial charge in [0.25, 0.3) is 5.91 Å². The van der Waals surface area contributed by atoms with Gasteiger partial charge in [0.2, 0.25) is 5.60 Å². The van der Waals surface area contributed by atoms with Crippen molar-refractivity contribution in [3.8, 4) is 12.3 Å². The molecule has 68 valence electrons. The van der Waals surface area contributed by atoms with Gasteiger partial charge in [-0.2, -0.15) is 13.5 Å². The van der Waals surface area contributed by atoms with Gasteiger partial charge in [0.15, 0.2) is 0 Å². The first-order valence-corrected chi connectivity index (χ1v) is 3.56. The lowest BCUT2D eigenvalue weighted by Gasteiger charge is -2.32. The van der Waals surface area contributed by atoms with E-state index in [-0.39, 0.29) is 19.4 Å². The summed E-state index contributed by atoms with van der Waals surface area (Å²) in [5.74, 6) is 1.77. The average Bonchev–Trinajstić information content (AvgIpc) is 2.00. The number of aliphatic hydroxyl groups is 1. The lowest BCUT2D eigenvalue weighted by molar-refractivity contribution is -0.148. The molecule has 0 spiro atoms. The molecule has 0 aromatic carbocycles. The van der Waals surface area contributed by atoms with E-state index in [0.29, 0.717) is 13.0 Å². The molecule has 1 aliphatic heterocycles. The van der Waals surface area contributed by atoms with Crippen LogP contribution in [0.1, 0.15) is 12.8 Å². The lowest BCUT2D eigenvalue weighted by Crippen LogP contribution is -2.50. The molecule has 1 heterocycles. The Morgan fingerprint density at radius 3 is 2.75 bits per heavy atom. The van der Waals surface area contributed by atoms with Gasteiger partial charge in [-0.15, -0.1) is 6.42 Å². The van der Waals surface area contributed by atoms with Crippen molar-refractivity contribution >= 4 is 19.4 Å². The molecule has 1 atom stereocenters. The van der Waals surface area contributed by atoms with Crippen molar-refractivity contribution in [3.63, 3.8) is 0 Å². The zero-order chi connectivity index (χ0) is 8.48. The first-order valence-electron chi connectivity index (χ1n) is 3.56. The molecule has 12 heavy (non-hydrogen) atoms. The van der Waals surface area contributed by atoms with E-state index in [4.69, 9.17) is 6.42 Å². The fraction of sp³-hybridized carbons (Fsp3) is 0.625. The Balaban J connectivity index is 0.00000121.